The Morgan fingerprint density at radius 1 is 0.270 bits per heavy atom. The zero-order chi connectivity index (χ0) is 46.9. The van der Waals surface area contributed by atoms with Crippen molar-refractivity contribution in [2.45, 2.75) is 0 Å². The van der Waals surface area contributed by atoms with Gasteiger partial charge in [0, 0.05) is 151 Å². The third-order valence-corrected chi connectivity index (χ3v) is 16.5. The molecule has 15 heteroatoms. The summed E-state index contributed by atoms with van der Waals surface area (Å²) < 4.78 is 29.2. The van der Waals surface area contributed by atoms with E-state index in [2.05, 4.69) is 0 Å². The molecule has 0 unspecified atom stereocenters. The quantitative estimate of drug-likeness (QED) is 0.0889. The molecule has 0 atom stereocenters. The molecule has 0 aliphatic rings. The van der Waals surface area contributed by atoms with Gasteiger partial charge in [0.2, 0.25) is 0 Å². The third-order valence-electron chi connectivity index (χ3n) is 10.4. The van der Waals surface area contributed by atoms with E-state index in [4.69, 9.17) is 35.7 Å². The van der Waals surface area contributed by atoms with E-state index in [1.165, 1.54) is 0 Å². The van der Waals surface area contributed by atoms with Crippen LogP contribution in [0.25, 0.3) is 0 Å². The van der Waals surface area contributed by atoms with Crippen LogP contribution in [-0.2, 0) is 9.13 Å². The molecule has 8 nitrogen and oxygen atoms in total. The zero-order valence-electron chi connectivity index (χ0n) is 38.3. The molecule has 336 valence electrons. The molecule has 0 bridgehead atoms. The van der Waals surface area contributed by atoms with Crippen molar-refractivity contribution in [3.05, 3.63) is 146 Å². The molecule has 0 saturated carbocycles. The molecule has 0 radical (unpaired) electrons. The van der Waals surface area contributed by atoms with Crippen LogP contribution in [0.5, 0.6) is 0 Å². The van der Waals surface area contributed by atoms with Crippen LogP contribution >= 0.6 is 50.0 Å². The normalized spacial score (nSPS) is 11.3. The van der Waals surface area contributed by atoms with Crippen molar-refractivity contribution in [1.29, 1.82) is 0 Å². The predicted octanol–water partition coefficient (Wildman–Crippen LogP) is 9.43. The number of anilines is 6. The van der Waals surface area contributed by atoms with Gasteiger partial charge in [-0.05, 0) is 146 Å². The molecule has 0 spiro atoms. The Balaban J connectivity index is 0.000000250. The standard InChI is InChI=1S/2C24H30N3OP.4ClH.Sn/c2*1-25(2)19-7-13-22(14-8-19)29(28,23-15-9-20(10-16-23)26(3)4)24-17-11-21(12-18-24)27(5)6;;;;;/h2*7-18H,1-6H3;4*1H;/q;;;;;;+4/p-4. The first-order valence-corrected chi connectivity index (χ1v) is 38.0. The molecule has 0 amide bonds. The maximum absolute atomic E-state index is 14.6. The minimum absolute atomic E-state index is 0.846. The molecular weight excluding hydrogens is 1020 g/mol. The molecule has 6 aromatic rings. The second kappa shape index (κ2) is 22.6. The van der Waals surface area contributed by atoms with Gasteiger partial charge in [-0.25, -0.2) is 0 Å². The summed E-state index contributed by atoms with van der Waals surface area (Å²) in [4.78, 5) is 12.3. The molecule has 0 heterocycles. The summed E-state index contributed by atoms with van der Waals surface area (Å²) in [5.74, 6) is 0. The fourth-order valence-electron chi connectivity index (χ4n) is 6.66. The van der Waals surface area contributed by atoms with Crippen LogP contribution in [0.3, 0.4) is 0 Å². The first-order chi connectivity index (χ1) is 29.5. The van der Waals surface area contributed by atoms with E-state index in [-0.39, 0.29) is 0 Å². The van der Waals surface area contributed by atoms with Gasteiger partial charge in [0.25, 0.3) is 0 Å². The van der Waals surface area contributed by atoms with Crippen LogP contribution in [0.2, 0.25) is 0 Å². The van der Waals surface area contributed by atoms with Gasteiger partial charge >= 0.3 is 49.6 Å². The molecule has 0 aliphatic carbocycles. The van der Waals surface area contributed by atoms with Crippen LogP contribution in [0.15, 0.2) is 146 Å². The van der Waals surface area contributed by atoms with Crippen LogP contribution < -0.4 is 61.2 Å². The van der Waals surface area contributed by atoms with Crippen LogP contribution in [0, 0.1) is 0 Å². The van der Waals surface area contributed by atoms with Gasteiger partial charge in [-0.3, -0.25) is 0 Å². The zero-order valence-corrected chi connectivity index (χ0v) is 45.9. The fourth-order valence-corrected chi connectivity index (χ4v) is 11.9. The Bertz CT molecular complexity index is 2010. The molecule has 0 aliphatic heterocycles. The molecule has 63 heavy (non-hydrogen) atoms. The van der Waals surface area contributed by atoms with Crippen molar-refractivity contribution in [1.82, 2.24) is 0 Å². The average molecular weight is 1080 g/mol. The molecule has 0 fully saturated rings. The summed E-state index contributed by atoms with van der Waals surface area (Å²) in [5.41, 5.74) is 6.53. The van der Waals surface area contributed by atoms with Crippen molar-refractivity contribution in [3.63, 3.8) is 0 Å². The maximum atomic E-state index is 14.6. The number of nitrogens with zero attached hydrogens (tertiary/aromatic N) is 6. The van der Waals surface area contributed by atoms with E-state index in [1.807, 2.05) is 260 Å². The summed E-state index contributed by atoms with van der Waals surface area (Å²) in [7, 11) is 38.3. The van der Waals surface area contributed by atoms with Gasteiger partial charge in [0.1, 0.15) is 0 Å². The van der Waals surface area contributed by atoms with Gasteiger partial charge in [-0.2, -0.15) is 0 Å². The van der Waals surface area contributed by atoms with Crippen LogP contribution in [0.1, 0.15) is 0 Å². The minimum atomic E-state index is -3.29. The number of rotatable bonds is 12. The van der Waals surface area contributed by atoms with Gasteiger partial charge in [0.05, 0.1) is 0 Å². The Morgan fingerprint density at radius 2 is 0.365 bits per heavy atom. The van der Waals surface area contributed by atoms with Crippen LogP contribution in [-0.4, -0.2) is 98.4 Å². The topological polar surface area (TPSA) is 53.6 Å². The second-order valence-electron chi connectivity index (χ2n) is 16.1. The molecule has 6 aromatic carbocycles. The van der Waals surface area contributed by atoms with E-state index in [9.17, 15) is 9.13 Å². The number of benzene rings is 6. The summed E-state index contributed by atoms with van der Waals surface area (Å²) in [6.07, 6.45) is 0. The van der Waals surface area contributed by atoms with Gasteiger partial charge < -0.3 is 38.5 Å². The van der Waals surface area contributed by atoms with Gasteiger partial charge in [-0.15, -0.1) is 0 Å². The average Bonchev–Trinajstić information content (AvgIpc) is 3.25. The van der Waals surface area contributed by atoms with Gasteiger partial charge in [0.15, 0.2) is 14.3 Å². The Hall–Kier alpha value is -3.46. The summed E-state index contributed by atoms with van der Waals surface area (Å²) in [6, 6.07) is 48.3. The van der Waals surface area contributed by atoms with Crippen molar-refractivity contribution in [2.75, 3.05) is 114 Å². The molecule has 0 N–H and O–H groups in total. The first kappa shape index (κ1) is 52.2. The predicted molar refractivity (Wildman–Crippen MR) is 287 cm³/mol. The monoisotopic (exact) mass is 1070 g/mol. The van der Waals surface area contributed by atoms with E-state index in [1.54, 1.807) is 0 Å². The first-order valence-electron chi connectivity index (χ1n) is 20.1. The Kier molecular flexibility index (Phi) is 18.7. The number of halogens is 4. The molecular formula is C48H60Cl4N6O2P2Sn. The van der Waals surface area contributed by atoms with Crippen molar-refractivity contribution >= 4 is 130 Å². The van der Waals surface area contributed by atoms with Crippen LogP contribution in [0.4, 0.5) is 34.1 Å². The Morgan fingerprint density at radius 3 is 0.444 bits per heavy atom. The van der Waals surface area contributed by atoms with E-state index < -0.39 is 28.2 Å². The fraction of sp³-hybridized carbons (Fsp3) is 0.250. The van der Waals surface area contributed by atoms with Crippen molar-refractivity contribution in [2.24, 2.45) is 0 Å². The Labute approximate surface area is 395 Å². The molecule has 0 aromatic heterocycles. The van der Waals surface area contributed by atoms with E-state index in [0.29, 0.717) is 0 Å². The number of hydrogen-bond donors (Lipinski definition) is 0. The molecule has 0 saturated heterocycles. The van der Waals surface area contributed by atoms with Crippen molar-refractivity contribution in [3.8, 4) is 0 Å². The third kappa shape index (κ3) is 13.8. The summed E-state index contributed by atoms with van der Waals surface area (Å²) >= 11 is -3.29. The van der Waals surface area contributed by atoms with Gasteiger partial charge in [-0.1, -0.05) is 0 Å². The second-order valence-corrected chi connectivity index (χ2v) is 47.1. The van der Waals surface area contributed by atoms with Crippen molar-refractivity contribution < 1.29 is 9.13 Å². The summed E-state index contributed by atoms with van der Waals surface area (Å²) in [6.45, 7) is 0. The molecule has 6 rings (SSSR count). The van der Waals surface area contributed by atoms with E-state index in [0.717, 1.165) is 66.0 Å². The number of hydrogen-bond acceptors (Lipinski definition) is 8. The summed E-state index contributed by atoms with van der Waals surface area (Å²) in [5, 5.41) is 5.07. The van der Waals surface area contributed by atoms with E-state index >= 15 is 0 Å². The SMILES string of the molecule is CN(C)c1ccc(P(=O)(c2ccc(N(C)C)cc2)c2ccc(N(C)C)cc2)cc1.CN(C)c1ccc(P(=O)(c2ccc(N(C)C)cc2)c2ccc(N(C)C)cc2)cc1.[Cl][Sn]([Cl])([Cl])[Cl].